The summed E-state index contributed by atoms with van der Waals surface area (Å²) in [4.78, 5) is 40.9. The number of H-pyrrole nitrogens is 1. The molecule has 0 aliphatic rings. The second kappa shape index (κ2) is 7.31. The van der Waals surface area contributed by atoms with Gasteiger partial charge in [0, 0.05) is 18.9 Å². The van der Waals surface area contributed by atoms with Gasteiger partial charge >= 0.3 is 11.9 Å². The smallest absolute Gasteiger partial charge is 0.344 e. The fraction of sp³-hybridized carbons (Fsp3) is 0.0952. The molecule has 0 unspecified atom stereocenters. The first-order chi connectivity index (χ1) is 14.7. The maximum absolute atomic E-state index is 13.0. The second-order valence-electron chi connectivity index (χ2n) is 6.81. The van der Waals surface area contributed by atoms with Crippen LogP contribution in [0.3, 0.4) is 0 Å². The molecule has 10 heteroatoms. The van der Waals surface area contributed by atoms with Crippen LogP contribution in [0, 0.1) is 0 Å². The lowest BCUT2D eigenvalue weighted by Gasteiger charge is -2.08. The zero-order chi connectivity index (χ0) is 22.3. The van der Waals surface area contributed by atoms with Crippen molar-refractivity contribution in [2.75, 3.05) is 5.32 Å². The number of fused-ring (bicyclic) bond motifs is 1. The van der Waals surface area contributed by atoms with Crippen molar-refractivity contribution in [2.45, 2.75) is 6.18 Å². The SMILES string of the molecule is Cn1cc(C(=O)Nc2ccc(C(F)(F)F)cc2)c2[nH]c(=O)n(-c3ccccc3)c(=O)c21. The van der Waals surface area contributed by atoms with Crippen LogP contribution in [0.25, 0.3) is 16.7 Å². The third-order valence-electron chi connectivity index (χ3n) is 4.75. The topological polar surface area (TPSA) is 88.9 Å². The third-order valence-corrected chi connectivity index (χ3v) is 4.75. The number of aryl methyl sites for hydroxylation is 1. The van der Waals surface area contributed by atoms with Crippen LogP contribution in [0.15, 0.2) is 70.4 Å². The summed E-state index contributed by atoms with van der Waals surface area (Å²) in [7, 11) is 1.55. The number of amides is 1. The van der Waals surface area contributed by atoms with Crippen molar-refractivity contribution in [2.24, 2.45) is 7.05 Å². The molecule has 0 aliphatic carbocycles. The van der Waals surface area contributed by atoms with E-state index in [2.05, 4.69) is 10.3 Å². The quantitative estimate of drug-likeness (QED) is 0.525. The van der Waals surface area contributed by atoms with Gasteiger partial charge in [-0.15, -0.1) is 0 Å². The Morgan fingerprint density at radius 3 is 2.26 bits per heavy atom. The van der Waals surface area contributed by atoms with Crippen LogP contribution in [-0.4, -0.2) is 20.0 Å². The van der Waals surface area contributed by atoms with Gasteiger partial charge in [-0.25, -0.2) is 9.36 Å². The van der Waals surface area contributed by atoms with E-state index in [0.29, 0.717) is 5.69 Å². The summed E-state index contributed by atoms with van der Waals surface area (Å²) in [6.45, 7) is 0. The van der Waals surface area contributed by atoms with Gasteiger partial charge in [0.05, 0.1) is 22.3 Å². The van der Waals surface area contributed by atoms with E-state index < -0.39 is 28.9 Å². The molecule has 2 aromatic heterocycles. The van der Waals surface area contributed by atoms with E-state index in [4.69, 9.17) is 0 Å². The summed E-state index contributed by atoms with van der Waals surface area (Å²) in [5.74, 6) is -0.683. The van der Waals surface area contributed by atoms with Crippen molar-refractivity contribution in [3.63, 3.8) is 0 Å². The van der Waals surface area contributed by atoms with Gasteiger partial charge in [0.2, 0.25) is 0 Å². The van der Waals surface area contributed by atoms with Gasteiger partial charge in [-0.3, -0.25) is 9.59 Å². The van der Waals surface area contributed by atoms with Crippen molar-refractivity contribution >= 4 is 22.6 Å². The monoisotopic (exact) mass is 428 g/mol. The van der Waals surface area contributed by atoms with Crippen LogP contribution >= 0.6 is 0 Å². The lowest BCUT2D eigenvalue weighted by molar-refractivity contribution is -0.137. The molecule has 0 bridgehead atoms. The standard InChI is InChI=1S/C21H15F3N4O3/c1-27-11-15(18(29)25-13-9-7-12(8-10-13)21(22,23)24)16-17(27)19(30)28(20(31)26-16)14-5-3-2-4-6-14/h2-11H,1H3,(H,25,29)(H,26,31). The number of alkyl halides is 3. The van der Waals surface area contributed by atoms with E-state index in [-0.39, 0.29) is 22.3 Å². The van der Waals surface area contributed by atoms with Crippen molar-refractivity contribution in [1.82, 2.24) is 14.1 Å². The zero-order valence-corrected chi connectivity index (χ0v) is 16.0. The number of halogens is 3. The Hall–Kier alpha value is -4.08. The second-order valence-corrected chi connectivity index (χ2v) is 6.81. The Morgan fingerprint density at radius 1 is 1.00 bits per heavy atom. The van der Waals surface area contributed by atoms with Crippen LogP contribution in [0.2, 0.25) is 0 Å². The number of carbonyl (C=O) groups is 1. The lowest BCUT2D eigenvalue weighted by atomic mass is 10.2. The first kappa shape index (κ1) is 20.2. The molecule has 2 aromatic carbocycles. The van der Waals surface area contributed by atoms with Crippen LogP contribution in [-0.2, 0) is 13.2 Å². The number of hydrogen-bond acceptors (Lipinski definition) is 3. The average Bonchev–Trinajstić information content (AvgIpc) is 3.05. The molecule has 4 aromatic rings. The van der Waals surface area contributed by atoms with Crippen LogP contribution in [0.4, 0.5) is 18.9 Å². The van der Waals surface area contributed by atoms with Gasteiger partial charge in [-0.2, -0.15) is 13.2 Å². The predicted molar refractivity (Wildman–Crippen MR) is 109 cm³/mol. The summed E-state index contributed by atoms with van der Waals surface area (Å²) < 4.78 is 40.5. The third kappa shape index (κ3) is 3.63. The number of nitrogens with zero attached hydrogens (tertiary/aromatic N) is 2. The van der Waals surface area contributed by atoms with Crippen LogP contribution in [0.5, 0.6) is 0 Å². The molecule has 0 radical (unpaired) electrons. The van der Waals surface area contributed by atoms with E-state index >= 15 is 0 Å². The zero-order valence-electron chi connectivity index (χ0n) is 16.0. The number of benzene rings is 2. The minimum atomic E-state index is -4.49. The van der Waals surface area contributed by atoms with Crippen molar-refractivity contribution in [1.29, 1.82) is 0 Å². The predicted octanol–water partition coefficient (Wildman–Crippen LogP) is 3.29. The van der Waals surface area contributed by atoms with E-state index in [1.54, 1.807) is 37.4 Å². The Balaban J connectivity index is 1.75. The number of hydrogen-bond donors (Lipinski definition) is 2. The molecule has 2 heterocycles. The summed E-state index contributed by atoms with van der Waals surface area (Å²) in [5.41, 5.74) is -1.54. The van der Waals surface area contributed by atoms with Crippen molar-refractivity contribution in [3.8, 4) is 5.69 Å². The number of nitrogens with one attached hydrogen (secondary N) is 2. The Bertz CT molecular complexity index is 1400. The fourth-order valence-corrected chi connectivity index (χ4v) is 3.30. The molecule has 2 N–H and O–H groups in total. The molecule has 0 spiro atoms. The van der Waals surface area contributed by atoms with Crippen molar-refractivity contribution < 1.29 is 18.0 Å². The summed E-state index contributed by atoms with van der Waals surface area (Å²) in [5, 5.41) is 2.48. The van der Waals surface area contributed by atoms with E-state index in [1.807, 2.05) is 0 Å². The molecule has 0 atom stereocenters. The first-order valence-electron chi connectivity index (χ1n) is 9.05. The summed E-state index contributed by atoms with van der Waals surface area (Å²) >= 11 is 0. The van der Waals surface area contributed by atoms with E-state index in [9.17, 15) is 27.6 Å². The average molecular weight is 428 g/mol. The highest BCUT2D eigenvalue weighted by atomic mass is 19.4. The first-order valence-corrected chi connectivity index (χ1v) is 9.05. The summed E-state index contributed by atoms with van der Waals surface area (Å²) in [6.07, 6.45) is -3.12. The molecule has 31 heavy (non-hydrogen) atoms. The Labute approximate surface area is 172 Å². The number of aromatic nitrogens is 3. The largest absolute Gasteiger partial charge is 0.416 e. The Morgan fingerprint density at radius 2 is 1.65 bits per heavy atom. The van der Waals surface area contributed by atoms with Crippen LogP contribution in [0.1, 0.15) is 15.9 Å². The number of carbonyl (C=O) groups excluding carboxylic acids is 1. The minimum Gasteiger partial charge on any atom is -0.344 e. The fourth-order valence-electron chi connectivity index (χ4n) is 3.30. The van der Waals surface area contributed by atoms with Crippen molar-refractivity contribution in [3.05, 3.63) is 92.8 Å². The highest BCUT2D eigenvalue weighted by Crippen LogP contribution is 2.30. The van der Waals surface area contributed by atoms with E-state index in [1.165, 1.54) is 10.8 Å². The highest BCUT2D eigenvalue weighted by molar-refractivity contribution is 6.11. The van der Waals surface area contributed by atoms with Gasteiger partial charge in [0.25, 0.3) is 11.5 Å². The maximum Gasteiger partial charge on any atom is 0.416 e. The molecule has 0 saturated carbocycles. The molecule has 0 saturated heterocycles. The van der Waals surface area contributed by atoms with Gasteiger partial charge in [0.1, 0.15) is 5.52 Å². The maximum atomic E-state index is 13.0. The molecule has 158 valence electrons. The Kier molecular flexibility index (Phi) is 4.77. The number of rotatable bonds is 3. The molecule has 0 aliphatic heterocycles. The number of aromatic amines is 1. The normalized spacial score (nSPS) is 11.6. The van der Waals surface area contributed by atoms with Gasteiger partial charge in [0.15, 0.2) is 0 Å². The van der Waals surface area contributed by atoms with Crippen LogP contribution < -0.4 is 16.6 Å². The number of anilines is 1. The van der Waals surface area contributed by atoms with E-state index in [0.717, 1.165) is 28.8 Å². The highest BCUT2D eigenvalue weighted by Gasteiger charge is 2.30. The molecule has 0 fully saturated rings. The molecule has 7 nitrogen and oxygen atoms in total. The molecular formula is C21H15F3N4O3. The molecular weight excluding hydrogens is 413 g/mol. The van der Waals surface area contributed by atoms with Gasteiger partial charge < -0.3 is 14.9 Å². The van der Waals surface area contributed by atoms with Gasteiger partial charge in [-0.05, 0) is 36.4 Å². The van der Waals surface area contributed by atoms with Gasteiger partial charge in [-0.1, -0.05) is 18.2 Å². The number of para-hydroxylation sites is 1. The summed E-state index contributed by atoms with van der Waals surface area (Å²) in [6, 6.07) is 12.2. The lowest BCUT2D eigenvalue weighted by Crippen LogP contribution is -2.34. The minimum absolute atomic E-state index is 0.00631. The molecule has 4 rings (SSSR count). The molecule has 1 amide bonds.